The van der Waals surface area contributed by atoms with Gasteiger partial charge in [-0.1, -0.05) is 0 Å². The summed E-state index contributed by atoms with van der Waals surface area (Å²) >= 11 is 0. The quantitative estimate of drug-likeness (QED) is 0.504. The Morgan fingerprint density at radius 1 is 1.73 bits per heavy atom. The van der Waals surface area contributed by atoms with Crippen LogP contribution >= 0.6 is 0 Å². The maximum Gasteiger partial charge on any atom is 0.237 e. The Kier molecular flexibility index (Phi) is 2.17. The fourth-order valence-electron chi connectivity index (χ4n) is 0.609. The van der Waals surface area contributed by atoms with Crippen molar-refractivity contribution in [3.8, 4) is 5.88 Å². The fourth-order valence-corrected chi connectivity index (χ4v) is 0.609. The van der Waals surface area contributed by atoms with Gasteiger partial charge in [-0.2, -0.15) is 9.71 Å². The Labute approximate surface area is 62.8 Å². The summed E-state index contributed by atoms with van der Waals surface area (Å²) in [7, 11) is 0. The van der Waals surface area contributed by atoms with Gasteiger partial charge in [0.15, 0.2) is 0 Å². The zero-order valence-corrected chi connectivity index (χ0v) is 5.77. The van der Waals surface area contributed by atoms with Gasteiger partial charge < -0.3 is 20.8 Å². The van der Waals surface area contributed by atoms with Gasteiger partial charge in [0, 0.05) is 0 Å². The zero-order chi connectivity index (χ0) is 8.27. The maximum atomic E-state index is 8.78. The molecule has 0 radical (unpaired) electrons. The number of hydrogen-bond acceptors (Lipinski definition) is 5. The highest BCUT2D eigenvalue weighted by molar-refractivity contribution is 5.22. The van der Waals surface area contributed by atoms with E-state index in [-0.39, 0.29) is 25.0 Å². The molecule has 1 aromatic heterocycles. The Hall–Kier alpha value is -1.43. The molecule has 6 nitrogen and oxygen atoms in total. The Balaban J connectivity index is 2.62. The van der Waals surface area contributed by atoms with Crippen LogP contribution in [0.4, 0.5) is 5.95 Å². The second kappa shape index (κ2) is 3.11. The van der Waals surface area contributed by atoms with E-state index < -0.39 is 0 Å². The molecule has 0 bridgehead atoms. The average Bonchev–Trinajstić information content (AvgIpc) is 2.26. The van der Waals surface area contributed by atoms with Crippen LogP contribution in [-0.4, -0.2) is 33.1 Å². The summed E-state index contributed by atoms with van der Waals surface area (Å²) in [4.78, 5) is 8.28. The van der Waals surface area contributed by atoms with E-state index in [2.05, 4.69) is 4.98 Å². The first kappa shape index (κ1) is 7.67. The molecule has 0 unspecified atom stereocenters. The van der Waals surface area contributed by atoms with E-state index in [0.29, 0.717) is 0 Å². The highest BCUT2D eigenvalue weighted by Gasteiger charge is 2.02. The van der Waals surface area contributed by atoms with Gasteiger partial charge in [-0.05, 0) is 0 Å². The van der Waals surface area contributed by atoms with E-state index in [9.17, 15) is 0 Å². The van der Waals surface area contributed by atoms with Crippen LogP contribution in [-0.2, 0) is 0 Å². The van der Waals surface area contributed by atoms with Gasteiger partial charge in [-0.15, -0.1) is 0 Å². The van der Waals surface area contributed by atoms with Crippen LogP contribution in [0.3, 0.4) is 0 Å². The zero-order valence-electron chi connectivity index (χ0n) is 5.77. The number of hydrogen-bond donors (Lipinski definition) is 3. The number of rotatable bonds is 3. The molecule has 0 amide bonds. The van der Waals surface area contributed by atoms with Crippen molar-refractivity contribution < 1.29 is 15.1 Å². The first-order valence-corrected chi connectivity index (χ1v) is 3.02. The number of nitrogens with two attached hydrogens (primary N) is 1. The molecular formula is C5H9N3O3. The Morgan fingerprint density at radius 2 is 2.45 bits per heavy atom. The van der Waals surface area contributed by atoms with Crippen molar-refractivity contribution >= 4 is 5.95 Å². The van der Waals surface area contributed by atoms with Crippen LogP contribution in [0.5, 0.6) is 5.88 Å². The topological polar surface area (TPSA) is 93.5 Å². The van der Waals surface area contributed by atoms with E-state index in [1.165, 1.54) is 6.20 Å². The number of imidazole rings is 1. The Morgan fingerprint density at radius 3 is 2.91 bits per heavy atom. The predicted molar refractivity (Wildman–Crippen MR) is 36.8 cm³/mol. The normalized spacial score (nSPS) is 9.91. The number of aromatic nitrogens is 2. The maximum absolute atomic E-state index is 8.78. The van der Waals surface area contributed by atoms with Gasteiger partial charge in [0.1, 0.15) is 12.8 Å². The van der Waals surface area contributed by atoms with Crippen LogP contribution in [0.25, 0.3) is 0 Å². The van der Waals surface area contributed by atoms with Crippen molar-refractivity contribution in [3.63, 3.8) is 0 Å². The van der Waals surface area contributed by atoms with Crippen LogP contribution in [0.2, 0.25) is 0 Å². The number of nitrogen functional groups attached to an aromatic ring is 1. The van der Waals surface area contributed by atoms with Crippen molar-refractivity contribution in [2.75, 3.05) is 18.9 Å². The minimum Gasteiger partial charge on any atom is -0.492 e. The summed E-state index contributed by atoms with van der Waals surface area (Å²) in [6.45, 7) is -0.00161. The summed E-state index contributed by atoms with van der Waals surface area (Å²) in [5.74, 6) is -0.156. The molecule has 0 saturated carbocycles. The minimum atomic E-state index is -0.208. The molecule has 0 spiro atoms. The molecule has 1 rings (SSSR count). The molecule has 0 saturated heterocycles. The molecule has 4 N–H and O–H groups in total. The second-order valence-corrected chi connectivity index (χ2v) is 1.84. The van der Waals surface area contributed by atoms with Crippen LogP contribution in [0, 0.1) is 0 Å². The average molecular weight is 159 g/mol. The summed E-state index contributed by atoms with van der Waals surface area (Å²) in [6.07, 6.45) is 1.21. The molecule has 62 valence electrons. The molecule has 0 aliphatic rings. The van der Waals surface area contributed by atoms with E-state index in [0.717, 1.165) is 4.73 Å². The minimum absolute atomic E-state index is 0.0518. The van der Waals surface area contributed by atoms with E-state index in [4.69, 9.17) is 20.8 Å². The van der Waals surface area contributed by atoms with Crippen LogP contribution in [0.15, 0.2) is 6.20 Å². The molecule has 0 aromatic carbocycles. The predicted octanol–water partition coefficient (Wildman–Crippen LogP) is -1.41. The fraction of sp³-hybridized carbons (Fsp3) is 0.400. The number of aliphatic hydroxyl groups is 1. The van der Waals surface area contributed by atoms with Gasteiger partial charge in [0.2, 0.25) is 11.8 Å². The molecule has 1 heterocycles. The molecule has 6 heteroatoms. The second-order valence-electron chi connectivity index (χ2n) is 1.84. The van der Waals surface area contributed by atoms with Crippen molar-refractivity contribution in [1.82, 2.24) is 9.71 Å². The highest BCUT2D eigenvalue weighted by atomic mass is 16.7. The molecule has 0 aliphatic carbocycles. The van der Waals surface area contributed by atoms with Crippen LogP contribution in [0.1, 0.15) is 0 Å². The monoisotopic (exact) mass is 159 g/mol. The lowest BCUT2D eigenvalue weighted by molar-refractivity contribution is 0.0786. The van der Waals surface area contributed by atoms with E-state index >= 15 is 0 Å². The van der Waals surface area contributed by atoms with Crippen molar-refractivity contribution in [1.29, 1.82) is 0 Å². The first-order chi connectivity index (χ1) is 5.24. The molecule has 1 aromatic rings. The SMILES string of the molecule is Nc1nc(O)cn1OCCO. The van der Waals surface area contributed by atoms with Gasteiger partial charge in [-0.3, -0.25) is 0 Å². The molecule has 0 atom stereocenters. The van der Waals surface area contributed by atoms with Gasteiger partial charge in [0.05, 0.1) is 6.61 Å². The summed E-state index contributed by atoms with van der Waals surface area (Å²) < 4.78 is 1.09. The standard InChI is InChI=1S/C5H9N3O3/c6-5-7-4(10)3-8(5)11-2-1-9/h3,9-10H,1-2H2,(H2,6,7). The largest absolute Gasteiger partial charge is 0.492 e. The molecule has 11 heavy (non-hydrogen) atoms. The lowest BCUT2D eigenvalue weighted by Gasteiger charge is -2.03. The smallest absolute Gasteiger partial charge is 0.237 e. The highest BCUT2D eigenvalue weighted by Crippen LogP contribution is 2.07. The number of nitrogens with zero attached hydrogens (tertiary/aromatic N) is 2. The lowest BCUT2D eigenvalue weighted by atomic mass is 10.8. The Bertz CT molecular complexity index is 235. The van der Waals surface area contributed by atoms with Crippen LogP contribution < -0.4 is 10.6 Å². The number of anilines is 1. The first-order valence-electron chi connectivity index (χ1n) is 3.02. The third-order valence-electron chi connectivity index (χ3n) is 1.01. The third-order valence-corrected chi connectivity index (χ3v) is 1.01. The molecule has 0 aliphatic heterocycles. The number of aromatic hydroxyl groups is 1. The third kappa shape index (κ3) is 1.74. The van der Waals surface area contributed by atoms with Crippen molar-refractivity contribution in [2.24, 2.45) is 0 Å². The number of aliphatic hydroxyl groups excluding tert-OH is 1. The van der Waals surface area contributed by atoms with Crippen molar-refractivity contribution in [2.45, 2.75) is 0 Å². The molecular weight excluding hydrogens is 150 g/mol. The van der Waals surface area contributed by atoms with Gasteiger partial charge in [-0.25, -0.2) is 0 Å². The summed E-state index contributed by atoms with van der Waals surface area (Å²) in [6, 6.07) is 0. The van der Waals surface area contributed by atoms with E-state index in [1.54, 1.807) is 0 Å². The summed E-state index contributed by atoms with van der Waals surface area (Å²) in [5.41, 5.74) is 5.27. The van der Waals surface area contributed by atoms with E-state index in [1.807, 2.05) is 0 Å². The molecule has 0 fully saturated rings. The van der Waals surface area contributed by atoms with Gasteiger partial charge >= 0.3 is 0 Å². The lowest BCUT2D eigenvalue weighted by Crippen LogP contribution is -2.16. The summed E-state index contributed by atoms with van der Waals surface area (Å²) in [5, 5.41) is 17.1. The van der Waals surface area contributed by atoms with Crippen molar-refractivity contribution in [3.05, 3.63) is 6.20 Å². The van der Waals surface area contributed by atoms with Gasteiger partial charge in [0.25, 0.3) is 0 Å².